The normalized spacial score (nSPS) is 13.1. The summed E-state index contributed by atoms with van der Waals surface area (Å²) >= 11 is 2.13. The lowest BCUT2D eigenvalue weighted by molar-refractivity contribution is -0.139. The Kier molecular flexibility index (Phi) is 10.2. The van der Waals surface area contributed by atoms with Crippen LogP contribution in [0.2, 0.25) is 0 Å². The van der Waals surface area contributed by atoms with E-state index in [1.165, 1.54) is 4.90 Å². The molecule has 0 unspecified atom stereocenters. The number of anilines is 1. The van der Waals surface area contributed by atoms with Gasteiger partial charge in [0, 0.05) is 16.2 Å². The van der Waals surface area contributed by atoms with Crippen LogP contribution in [0.15, 0.2) is 54.6 Å². The predicted molar refractivity (Wildman–Crippen MR) is 141 cm³/mol. The lowest BCUT2D eigenvalue weighted by atomic mass is 10.1. The number of rotatable bonds is 11. The van der Waals surface area contributed by atoms with E-state index in [-0.39, 0.29) is 18.5 Å². The molecule has 0 heterocycles. The van der Waals surface area contributed by atoms with Gasteiger partial charge in [-0.05, 0) is 79.1 Å². The van der Waals surface area contributed by atoms with Gasteiger partial charge >= 0.3 is 0 Å². The van der Waals surface area contributed by atoms with Crippen LogP contribution in [0.4, 0.5) is 5.69 Å². The average Bonchev–Trinajstić information content (AvgIpc) is 2.78. The largest absolute Gasteiger partial charge is 0.352 e. The van der Waals surface area contributed by atoms with Gasteiger partial charge in [0.05, 0.1) is 11.9 Å². The second-order valence-corrected chi connectivity index (χ2v) is 11.2. The minimum Gasteiger partial charge on any atom is -0.352 e. The molecule has 0 radical (unpaired) electrons. The summed E-state index contributed by atoms with van der Waals surface area (Å²) in [6.45, 7) is 5.47. The summed E-state index contributed by atoms with van der Waals surface area (Å²) in [5, 5.41) is 2.92. The Balaban J connectivity index is 2.29. The summed E-state index contributed by atoms with van der Waals surface area (Å²) < 4.78 is 27.1. The lowest BCUT2D eigenvalue weighted by Gasteiger charge is -2.32. The Morgan fingerprint density at radius 1 is 1.03 bits per heavy atom. The number of carbonyl (C=O) groups excluding carboxylic acids is 2. The van der Waals surface area contributed by atoms with Gasteiger partial charge < -0.3 is 10.2 Å². The van der Waals surface area contributed by atoms with Crippen LogP contribution in [0.1, 0.15) is 32.8 Å². The lowest BCUT2D eigenvalue weighted by Crippen LogP contribution is -2.53. The molecule has 2 aromatic rings. The molecule has 2 rings (SSSR count). The van der Waals surface area contributed by atoms with E-state index in [1.54, 1.807) is 31.2 Å². The van der Waals surface area contributed by atoms with E-state index < -0.39 is 22.0 Å². The maximum atomic E-state index is 13.4. The second-order valence-electron chi connectivity index (χ2n) is 8.06. The summed E-state index contributed by atoms with van der Waals surface area (Å²) in [7, 11) is -3.71. The quantitative estimate of drug-likeness (QED) is 0.410. The van der Waals surface area contributed by atoms with Crippen molar-refractivity contribution in [1.82, 2.24) is 10.2 Å². The van der Waals surface area contributed by atoms with E-state index in [4.69, 9.17) is 0 Å². The molecule has 0 spiro atoms. The van der Waals surface area contributed by atoms with Crippen LogP contribution in [0.3, 0.4) is 0 Å². The molecule has 7 nitrogen and oxygen atoms in total. The monoisotopic (exact) mass is 585 g/mol. The van der Waals surface area contributed by atoms with E-state index >= 15 is 0 Å². The number of carbonyl (C=O) groups is 2. The van der Waals surface area contributed by atoms with E-state index in [0.717, 1.165) is 26.1 Å². The van der Waals surface area contributed by atoms with E-state index in [9.17, 15) is 18.0 Å². The van der Waals surface area contributed by atoms with Crippen LogP contribution in [0, 0.1) is 3.57 Å². The first-order valence-electron chi connectivity index (χ1n) is 10.9. The Bertz CT molecular complexity index is 1030. The minimum absolute atomic E-state index is 0.0228. The highest BCUT2D eigenvalue weighted by atomic mass is 127. The SMILES string of the molecule is CC[C@@H](C)NC(=O)[C@@H](C)N(CCc1ccccc1)C(=O)CN(c1ccc(I)cc1)S(C)(=O)=O. The third-order valence-electron chi connectivity index (χ3n) is 5.45. The van der Waals surface area contributed by atoms with Crippen LogP contribution in [-0.2, 0) is 26.0 Å². The Morgan fingerprint density at radius 2 is 1.64 bits per heavy atom. The molecule has 1 N–H and O–H groups in total. The van der Waals surface area contributed by atoms with E-state index in [2.05, 4.69) is 27.9 Å². The fraction of sp³-hybridized carbons (Fsp3) is 0.417. The van der Waals surface area contributed by atoms with Crippen LogP contribution < -0.4 is 9.62 Å². The highest BCUT2D eigenvalue weighted by molar-refractivity contribution is 14.1. The van der Waals surface area contributed by atoms with Gasteiger partial charge in [0.15, 0.2) is 0 Å². The van der Waals surface area contributed by atoms with Gasteiger partial charge in [0.2, 0.25) is 21.8 Å². The molecule has 2 amide bonds. The fourth-order valence-corrected chi connectivity index (χ4v) is 4.47. The zero-order chi connectivity index (χ0) is 24.6. The molecule has 0 bridgehead atoms. The summed E-state index contributed by atoms with van der Waals surface area (Å²) in [5.41, 5.74) is 1.44. The van der Waals surface area contributed by atoms with Gasteiger partial charge in [0.25, 0.3) is 0 Å². The van der Waals surface area contributed by atoms with Crippen molar-refractivity contribution in [3.8, 4) is 0 Å². The molecule has 0 fully saturated rings. The molecular weight excluding hydrogens is 553 g/mol. The van der Waals surface area contributed by atoms with Gasteiger partial charge in [-0.25, -0.2) is 8.42 Å². The first-order chi connectivity index (χ1) is 15.5. The molecule has 0 aliphatic rings. The topological polar surface area (TPSA) is 86.8 Å². The molecule has 0 saturated carbocycles. The van der Waals surface area contributed by atoms with Crippen molar-refractivity contribution in [2.45, 2.75) is 45.7 Å². The Labute approximate surface area is 210 Å². The molecular formula is C24H32IN3O4S. The third kappa shape index (κ3) is 8.29. The molecule has 9 heteroatoms. The molecule has 2 atom stereocenters. The first kappa shape index (κ1) is 27.1. The van der Waals surface area contributed by atoms with Crippen molar-refractivity contribution in [2.24, 2.45) is 0 Å². The number of amides is 2. The zero-order valence-corrected chi connectivity index (χ0v) is 22.5. The molecule has 33 heavy (non-hydrogen) atoms. The number of nitrogens with zero attached hydrogens (tertiary/aromatic N) is 2. The minimum atomic E-state index is -3.71. The van der Waals surface area contributed by atoms with Crippen LogP contribution in [0.25, 0.3) is 0 Å². The highest BCUT2D eigenvalue weighted by Crippen LogP contribution is 2.20. The van der Waals surface area contributed by atoms with Crippen LogP contribution >= 0.6 is 22.6 Å². The number of nitrogens with one attached hydrogen (secondary N) is 1. The summed E-state index contributed by atoms with van der Waals surface area (Å²) in [6, 6.07) is 15.8. The number of halogens is 1. The van der Waals surface area contributed by atoms with Gasteiger partial charge in [0.1, 0.15) is 12.6 Å². The summed E-state index contributed by atoms with van der Waals surface area (Å²) in [6.07, 6.45) is 2.40. The smallest absolute Gasteiger partial charge is 0.244 e. The fourth-order valence-electron chi connectivity index (χ4n) is 3.26. The van der Waals surface area contributed by atoms with Gasteiger partial charge in [-0.3, -0.25) is 13.9 Å². The molecule has 0 aliphatic heterocycles. The molecule has 0 aliphatic carbocycles. The third-order valence-corrected chi connectivity index (χ3v) is 7.31. The van der Waals surface area contributed by atoms with Crippen molar-refractivity contribution in [3.05, 3.63) is 63.7 Å². The first-order valence-corrected chi connectivity index (χ1v) is 13.8. The van der Waals surface area contributed by atoms with Crippen molar-refractivity contribution >= 4 is 50.1 Å². The predicted octanol–water partition coefficient (Wildman–Crippen LogP) is 3.43. The summed E-state index contributed by atoms with van der Waals surface area (Å²) in [4.78, 5) is 27.7. The van der Waals surface area contributed by atoms with Crippen molar-refractivity contribution in [2.75, 3.05) is 23.7 Å². The Morgan fingerprint density at radius 3 is 2.18 bits per heavy atom. The summed E-state index contributed by atoms with van der Waals surface area (Å²) in [5.74, 6) is -0.687. The maximum Gasteiger partial charge on any atom is 0.244 e. The molecule has 0 aromatic heterocycles. The van der Waals surface area contributed by atoms with Gasteiger partial charge in [-0.2, -0.15) is 0 Å². The van der Waals surface area contributed by atoms with E-state index in [0.29, 0.717) is 18.7 Å². The second kappa shape index (κ2) is 12.4. The number of hydrogen-bond acceptors (Lipinski definition) is 4. The van der Waals surface area contributed by atoms with Gasteiger partial charge in [-0.15, -0.1) is 0 Å². The zero-order valence-electron chi connectivity index (χ0n) is 19.5. The number of hydrogen-bond donors (Lipinski definition) is 1. The van der Waals surface area contributed by atoms with Crippen LogP contribution in [0.5, 0.6) is 0 Å². The van der Waals surface area contributed by atoms with Crippen molar-refractivity contribution in [3.63, 3.8) is 0 Å². The van der Waals surface area contributed by atoms with Gasteiger partial charge in [-0.1, -0.05) is 37.3 Å². The molecule has 180 valence electrons. The highest BCUT2D eigenvalue weighted by Gasteiger charge is 2.30. The number of benzene rings is 2. The van der Waals surface area contributed by atoms with E-state index in [1.807, 2.05) is 44.2 Å². The molecule has 2 aromatic carbocycles. The number of sulfonamides is 1. The average molecular weight is 586 g/mol. The Hall–Kier alpha value is -2.14. The van der Waals surface area contributed by atoms with Crippen molar-refractivity contribution < 1.29 is 18.0 Å². The maximum absolute atomic E-state index is 13.4. The standard InChI is InChI=1S/C24H32IN3O4S/c1-5-18(2)26-24(30)19(3)27(16-15-20-9-7-6-8-10-20)23(29)17-28(33(4,31)32)22-13-11-21(25)12-14-22/h6-14,18-19H,5,15-17H2,1-4H3,(H,26,30)/t18-,19-/m1/s1. The molecule has 0 saturated heterocycles. The van der Waals surface area contributed by atoms with Crippen molar-refractivity contribution in [1.29, 1.82) is 0 Å². The van der Waals surface area contributed by atoms with Crippen LogP contribution in [-0.4, -0.2) is 56.6 Å².